The van der Waals surface area contributed by atoms with E-state index in [1.165, 1.54) is 30.7 Å². The number of fused-ring (bicyclic) bond motifs is 4. The van der Waals surface area contributed by atoms with E-state index < -0.39 is 11.9 Å². The fourth-order valence-corrected chi connectivity index (χ4v) is 7.64. The highest BCUT2D eigenvalue weighted by Gasteiger charge is 2.46. The fourth-order valence-electron chi connectivity index (χ4n) is 7.64. The molecule has 2 fully saturated rings. The Balaban J connectivity index is 1.20. The van der Waals surface area contributed by atoms with Crippen molar-refractivity contribution in [3.63, 3.8) is 0 Å². The van der Waals surface area contributed by atoms with E-state index in [0.29, 0.717) is 46.6 Å². The second kappa shape index (κ2) is 11.1. The molecule has 12 heteroatoms. The van der Waals surface area contributed by atoms with Crippen molar-refractivity contribution in [3.8, 4) is 28.9 Å². The maximum atomic E-state index is 13.5. The van der Waals surface area contributed by atoms with Crippen molar-refractivity contribution in [2.45, 2.75) is 63.9 Å². The normalized spacial score (nSPS) is 24.0. The van der Waals surface area contributed by atoms with Gasteiger partial charge < -0.3 is 19.9 Å². The third-order valence-electron chi connectivity index (χ3n) is 9.56. The maximum absolute atomic E-state index is 13.5. The average Bonchev–Trinajstić information content (AvgIpc) is 3.67. The molecule has 5 heterocycles. The summed E-state index contributed by atoms with van der Waals surface area (Å²) in [6.07, 6.45) is 10.6. The van der Waals surface area contributed by atoms with Crippen molar-refractivity contribution in [3.05, 3.63) is 59.6 Å². The van der Waals surface area contributed by atoms with Crippen LogP contribution in [0.5, 0.6) is 11.5 Å². The molecule has 43 heavy (non-hydrogen) atoms. The summed E-state index contributed by atoms with van der Waals surface area (Å²) in [5, 5.41) is 31.9. The lowest BCUT2D eigenvalue weighted by molar-refractivity contribution is 0.0593. The molecule has 3 unspecified atom stereocenters. The van der Waals surface area contributed by atoms with Gasteiger partial charge in [-0.05, 0) is 68.2 Å². The zero-order chi connectivity index (χ0) is 29.7. The molecule has 2 N–H and O–H groups in total. The van der Waals surface area contributed by atoms with Gasteiger partial charge in [-0.3, -0.25) is 14.6 Å². The molecule has 3 atom stereocenters. The second-order valence-electron chi connectivity index (χ2n) is 11.9. The average molecular weight is 587 g/mol. The summed E-state index contributed by atoms with van der Waals surface area (Å²) < 4.78 is 29.2. The van der Waals surface area contributed by atoms with Crippen LogP contribution >= 0.6 is 0 Å². The number of methoxy groups -OCH3 is 1. The van der Waals surface area contributed by atoms with Crippen LogP contribution in [0.4, 0.5) is 4.39 Å². The number of hydrogen-bond acceptors (Lipinski definition) is 9. The zero-order valence-corrected chi connectivity index (χ0v) is 24.3. The van der Waals surface area contributed by atoms with E-state index in [4.69, 9.17) is 19.8 Å². The summed E-state index contributed by atoms with van der Waals surface area (Å²) in [7, 11) is 1.57. The molecular weight excluding hydrogens is 551 g/mol. The molecule has 0 spiro atoms. The minimum Gasteiger partial charge on any atom is -0.493 e. The van der Waals surface area contributed by atoms with E-state index in [9.17, 15) is 9.50 Å². The number of halogens is 1. The highest BCUT2D eigenvalue weighted by Crippen LogP contribution is 2.46. The first-order valence-electron chi connectivity index (χ1n) is 14.9. The number of nitriles is 1. The monoisotopic (exact) mass is 586 g/mol. The summed E-state index contributed by atoms with van der Waals surface area (Å²) in [4.78, 5) is 6.77. The van der Waals surface area contributed by atoms with Gasteiger partial charge in [0.2, 0.25) is 0 Å². The lowest BCUT2D eigenvalue weighted by Crippen LogP contribution is -2.51. The molecule has 2 saturated carbocycles. The molecule has 3 aliphatic rings. The molecule has 0 amide bonds. The van der Waals surface area contributed by atoms with Gasteiger partial charge >= 0.3 is 0 Å². The number of aliphatic hydroxyl groups excluding tert-OH is 1. The Morgan fingerprint density at radius 3 is 2.70 bits per heavy atom. The number of aromatic nitrogens is 5. The Morgan fingerprint density at radius 1 is 1.19 bits per heavy atom. The van der Waals surface area contributed by atoms with Crippen molar-refractivity contribution in [1.82, 2.24) is 34.6 Å². The minimum absolute atomic E-state index is 0.305. The molecule has 7 rings (SSSR count). The van der Waals surface area contributed by atoms with Crippen molar-refractivity contribution in [1.29, 1.82) is 5.26 Å². The molecule has 1 aliphatic heterocycles. The Labute approximate surface area is 248 Å². The number of pyridine rings is 2. The molecule has 0 saturated heterocycles. The molecule has 4 aromatic rings. The van der Waals surface area contributed by atoms with Crippen molar-refractivity contribution >= 4 is 5.52 Å². The van der Waals surface area contributed by atoms with Crippen molar-refractivity contribution in [2.75, 3.05) is 20.3 Å². The van der Waals surface area contributed by atoms with Crippen LogP contribution in [0.2, 0.25) is 0 Å². The summed E-state index contributed by atoms with van der Waals surface area (Å²) >= 11 is 0. The van der Waals surface area contributed by atoms with Gasteiger partial charge in [-0.15, -0.1) is 0 Å². The van der Waals surface area contributed by atoms with Crippen LogP contribution in [-0.2, 0) is 13.1 Å². The quantitative estimate of drug-likeness (QED) is 0.235. The van der Waals surface area contributed by atoms with E-state index in [-0.39, 0.29) is 6.61 Å². The lowest BCUT2D eigenvalue weighted by Gasteiger charge is -2.43. The van der Waals surface area contributed by atoms with Crippen LogP contribution in [0, 0.1) is 36.0 Å². The molecule has 0 radical (unpaired) electrons. The number of nitrogens with one attached hydrogen (secondary N) is 1. The topological polar surface area (TPSA) is 126 Å². The molecule has 2 aliphatic carbocycles. The summed E-state index contributed by atoms with van der Waals surface area (Å²) in [5.41, 5.74) is 5.01. The summed E-state index contributed by atoms with van der Waals surface area (Å²) in [6.45, 7) is 4.38. The Bertz CT molecular complexity index is 1660. The summed E-state index contributed by atoms with van der Waals surface area (Å²) in [6, 6.07) is 5.55. The fraction of sp³-hybridized carbons (Fsp3) is 0.484. The smallest absolute Gasteiger partial charge is 0.176 e. The Hall–Kier alpha value is -4.21. The number of hydrogen-bond donors (Lipinski definition) is 2. The van der Waals surface area contributed by atoms with Crippen LogP contribution in [0.15, 0.2) is 36.8 Å². The first-order valence-corrected chi connectivity index (χ1v) is 14.9. The van der Waals surface area contributed by atoms with Crippen LogP contribution in [-0.4, -0.2) is 66.7 Å². The van der Waals surface area contributed by atoms with Gasteiger partial charge in [-0.2, -0.15) is 15.5 Å². The minimum atomic E-state index is -0.821. The predicted molar refractivity (Wildman–Crippen MR) is 155 cm³/mol. The van der Waals surface area contributed by atoms with Crippen LogP contribution in [0.1, 0.15) is 48.7 Å². The van der Waals surface area contributed by atoms with E-state index in [1.54, 1.807) is 17.8 Å². The first-order chi connectivity index (χ1) is 21.0. The predicted octanol–water partition coefficient (Wildman–Crippen LogP) is 3.60. The van der Waals surface area contributed by atoms with Crippen molar-refractivity contribution in [2.24, 2.45) is 11.8 Å². The highest BCUT2D eigenvalue weighted by atomic mass is 19.1. The Kier molecular flexibility index (Phi) is 7.15. The van der Waals surface area contributed by atoms with Gasteiger partial charge in [0, 0.05) is 36.9 Å². The molecule has 2 bridgehead atoms. The van der Waals surface area contributed by atoms with Gasteiger partial charge in [-0.25, -0.2) is 8.91 Å². The zero-order valence-electron chi connectivity index (χ0n) is 24.3. The first kappa shape index (κ1) is 27.6. The molecule has 4 aromatic heterocycles. The lowest BCUT2D eigenvalue weighted by atomic mass is 9.80. The van der Waals surface area contributed by atoms with E-state index in [0.717, 1.165) is 55.5 Å². The standard InChI is InChI=1S/C31H35FN8O3/c1-18-25-15-38(30-19-3-4-20(30)10-23(9-19)35-17-33)7-8-39(25)37-29(18)21-11-26(31-27(42-2)13-36-40(31)14-21)43-28(16-41)24-6-5-22(32)12-34-24/h5-6,11-14,19-20,23,28,30,35,41H,3-4,7-10,15-16H2,1-2H3. The number of aliphatic hydroxyl groups is 1. The van der Waals surface area contributed by atoms with Crippen LogP contribution in [0.25, 0.3) is 16.8 Å². The van der Waals surface area contributed by atoms with Crippen molar-refractivity contribution < 1.29 is 19.0 Å². The third kappa shape index (κ3) is 4.86. The molecule has 0 aromatic carbocycles. The summed E-state index contributed by atoms with van der Waals surface area (Å²) in [5.74, 6) is 1.74. The van der Waals surface area contributed by atoms with E-state index in [1.807, 2.05) is 12.3 Å². The van der Waals surface area contributed by atoms with Gasteiger partial charge in [0.25, 0.3) is 0 Å². The SMILES string of the molecule is COc1cnn2cc(-c3nn4c(c3C)CN(C3C5CCC3CC(NC#N)C5)CC4)cc(OC(CO)c3ccc(F)cn3)c12. The van der Waals surface area contributed by atoms with Crippen LogP contribution < -0.4 is 14.8 Å². The molecule has 11 nitrogen and oxygen atoms in total. The molecular formula is C31H35FN8O3. The second-order valence-corrected chi connectivity index (χ2v) is 11.9. The van der Waals surface area contributed by atoms with E-state index in [2.05, 4.69) is 38.1 Å². The Morgan fingerprint density at radius 2 is 2.00 bits per heavy atom. The third-order valence-corrected chi connectivity index (χ3v) is 9.56. The highest BCUT2D eigenvalue weighted by molar-refractivity contribution is 5.75. The largest absolute Gasteiger partial charge is 0.493 e. The van der Waals surface area contributed by atoms with Gasteiger partial charge in [0.05, 0.1) is 49.7 Å². The van der Waals surface area contributed by atoms with E-state index >= 15 is 0 Å². The maximum Gasteiger partial charge on any atom is 0.176 e. The van der Waals surface area contributed by atoms with Gasteiger partial charge in [-0.1, -0.05) is 0 Å². The molecule has 224 valence electrons. The number of nitrogens with zero attached hydrogens (tertiary/aromatic N) is 7. The number of ether oxygens (including phenoxy) is 2. The van der Waals surface area contributed by atoms with Crippen LogP contribution in [0.3, 0.4) is 0 Å². The van der Waals surface area contributed by atoms with Gasteiger partial charge in [0.15, 0.2) is 29.3 Å². The number of rotatable bonds is 8. The van der Waals surface area contributed by atoms with Gasteiger partial charge in [0.1, 0.15) is 5.82 Å².